The van der Waals surface area contributed by atoms with Gasteiger partial charge in [-0.25, -0.2) is 0 Å². The fourth-order valence-corrected chi connectivity index (χ4v) is 2.03. The number of rotatable bonds is 4. The highest BCUT2D eigenvalue weighted by Gasteiger charge is 2.15. The molecule has 0 bridgehead atoms. The monoisotopic (exact) mass is 215 g/mol. The third-order valence-corrected chi connectivity index (χ3v) is 2.96. The molecule has 4 heteroatoms. The molecule has 0 aromatic carbocycles. The van der Waals surface area contributed by atoms with E-state index in [1.165, 1.54) is 6.42 Å². The van der Waals surface area contributed by atoms with Gasteiger partial charge >= 0.3 is 0 Å². The molecule has 2 atom stereocenters. The van der Waals surface area contributed by atoms with Gasteiger partial charge in [-0.05, 0) is 37.8 Å². The van der Waals surface area contributed by atoms with E-state index < -0.39 is 0 Å². The molecule has 1 heterocycles. The van der Waals surface area contributed by atoms with Crippen molar-refractivity contribution < 1.29 is 0 Å². The minimum absolute atomic E-state index is 0.382. The Morgan fingerprint density at radius 3 is 2.43 bits per heavy atom. The third-order valence-electron chi connectivity index (χ3n) is 2.71. The van der Waals surface area contributed by atoms with E-state index in [2.05, 4.69) is 31.0 Å². The Labute approximate surface area is 90.5 Å². The number of hydrogen-bond acceptors (Lipinski definition) is 2. The van der Waals surface area contributed by atoms with Crippen LogP contribution in [0.15, 0.2) is 0 Å². The Kier molecular flexibility index (Phi) is 3.93. The van der Waals surface area contributed by atoms with E-state index in [4.69, 9.17) is 11.6 Å². The maximum absolute atomic E-state index is 5.96. The highest BCUT2D eigenvalue weighted by molar-refractivity contribution is 6.28. The van der Waals surface area contributed by atoms with Gasteiger partial charge in [0.15, 0.2) is 0 Å². The molecular weight excluding hydrogens is 198 g/mol. The third kappa shape index (κ3) is 2.47. The van der Waals surface area contributed by atoms with Gasteiger partial charge in [0.1, 0.15) is 5.82 Å². The molecule has 0 aliphatic heterocycles. The molecule has 0 spiro atoms. The van der Waals surface area contributed by atoms with Gasteiger partial charge in [-0.15, -0.1) is 10.2 Å². The maximum atomic E-state index is 5.96. The molecule has 1 rings (SSSR count). The van der Waals surface area contributed by atoms with Crippen LogP contribution in [0.5, 0.6) is 0 Å². The van der Waals surface area contributed by atoms with E-state index >= 15 is 0 Å². The van der Waals surface area contributed by atoms with Crippen LogP contribution in [0.25, 0.3) is 0 Å². The van der Waals surface area contributed by atoms with Crippen LogP contribution in [0.1, 0.15) is 45.5 Å². The first-order valence-electron chi connectivity index (χ1n) is 5.13. The quantitative estimate of drug-likeness (QED) is 0.772. The van der Waals surface area contributed by atoms with Gasteiger partial charge in [-0.3, -0.25) is 4.57 Å². The SMILES string of the molecule is CCC(C)CC(C)n1c(C)nnc1Cl. The van der Waals surface area contributed by atoms with Crippen LogP contribution in [-0.2, 0) is 0 Å². The summed E-state index contributed by atoms with van der Waals surface area (Å²) < 4.78 is 1.99. The first-order chi connectivity index (χ1) is 6.56. The highest BCUT2D eigenvalue weighted by Crippen LogP contribution is 2.23. The first-order valence-corrected chi connectivity index (χ1v) is 5.51. The number of hydrogen-bond donors (Lipinski definition) is 0. The van der Waals surface area contributed by atoms with E-state index in [0.717, 1.165) is 12.2 Å². The lowest BCUT2D eigenvalue weighted by Gasteiger charge is -2.18. The van der Waals surface area contributed by atoms with Crippen molar-refractivity contribution in [3.8, 4) is 0 Å². The van der Waals surface area contributed by atoms with Crippen LogP contribution in [0.4, 0.5) is 0 Å². The van der Waals surface area contributed by atoms with Crippen LogP contribution in [0.2, 0.25) is 5.28 Å². The number of aromatic nitrogens is 3. The molecule has 1 aromatic rings. The lowest BCUT2D eigenvalue weighted by molar-refractivity contribution is 0.393. The van der Waals surface area contributed by atoms with Crippen molar-refractivity contribution in [1.82, 2.24) is 14.8 Å². The molecule has 0 N–H and O–H groups in total. The van der Waals surface area contributed by atoms with Crippen molar-refractivity contribution in [2.75, 3.05) is 0 Å². The van der Waals surface area contributed by atoms with E-state index in [-0.39, 0.29) is 0 Å². The second kappa shape index (κ2) is 4.78. The average molecular weight is 216 g/mol. The molecule has 2 unspecified atom stereocenters. The zero-order valence-corrected chi connectivity index (χ0v) is 10.0. The summed E-state index contributed by atoms with van der Waals surface area (Å²) in [5.41, 5.74) is 0. The van der Waals surface area contributed by atoms with Crippen LogP contribution in [0, 0.1) is 12.8 Å². The lowest BCUT2D eigenvalue weighted by atomic mass is 10.0. The summed E-state index contributed by atoms with van der Waals surface area (Å²) in [7, 11) is 0. The van der Waals surface area contributed by atoms with Crippen LogP contribution in [0.3, 0.4) is 0 Å². The fourth-order valence-electron chi connectivity index (χ4n) is 1.70. The van der Waals surface area contributed by atoms with E-state index in [1.54, 1.807) is 0 Å². The minimum atomic E-state index is 0.382. The van der Waals surface area contributed by atoms with Crippen molar-refractivity contribution >= 4 is 11.6 Å². The van der Waals surface area contributed by atoms with E-state index in [9.17, 15) is 0 Å². The molecule has 80 valence electrons. The summed E-state index contributed by atoms with van der Waals surface area (Å²) in [5, 5.41) is 8.30. The van der Waals surface area contributed by atoms with E-state index in [0.29, 0.717) is 17.2 Å². The Morgan fingerprint density at radius 1 is 1.36 bits per heavy atom. The van der Waals surface area contributed by atoms with Gasteiger partial charge in [0.2, 0.25) is 5.28 Å². The molecule has 14 heavy (non-hydrogen) atoms. The molecule has 0 fully saturated rings. The Bertz CT molecular complexity index is 276. The topological polar surface area (TPSA) is 30.7 Å². The van der Waals surface area contributed by atoms with Gasteiger partial charge in [0.05, 0.1) is 0 Å². The van der Waals surface area contributed by atoms with Crippen LogP contribution >= 0.6 is 11.6 Å². The van der Waals surface area contributed by atoms with Gasteiger partial charge in [0, 0.05) is 6.04 Å². The molecule has 0 radical (unpaired) electrons. The summed E-state index contributed by atoms with van der Waals surface area (Å²) >= 11 is 5.96. The molecule has 0 saturated carbocycles. The average Bonchev–Trinajstić information content (AvgIpc) is 2.46. The standard InChI is InChI=1S/C10H18ClN3/c1-5-7(2)6-8(3)14-9(4)12-13-10(14)11/h7-8H,5-6H2,1-4H3. The Hall–Kier alpha value is -0.570. The van der Waals surface area contributed by atoms with Crippen molar-refractivity contribution in [2.45, 2.75) is 46.6 Å². The highest BCUT2D eigenvalue weighted by atomic mass is 35.5. The molecule has 0 amide bonds. The minimum Gasteiger partial charge on any atom is -0.299 e. The van der Waals surface area contributed by atoms with Crippen molar-refractivity contribution in [3.63, 3.8) is 0 Å². The summed E-state index contributed by atoms with van der Waals surface area (Å²) in [6, 6.07) is 0.382. The van der Waals surface area contributed by atoms with Gasteiger partial charge < -0.3 is 0 Å². The molecule has 3 nitrogen and oxygen atoms in total. The summed E-state index contributed by atoms with van der Waals surface area (Å²) in [5.74, 6) is 1.61. The van der Waals surface area contributed by atoms with Crippen LogP contribution in [-0.4, -0.2) is 14.8 Å². The van der Waals surface area contributed by atoms with Gasteiger partial charge in [0.25, 0.3) is 0 Å². The Morgan fingerprint density at radius 2 is 2.00 bits per heavy atom. The van der Waals surface area contributed by atoms with Crippen molar-refractivity contribution in [1.29, 1.82) is 0 Å². The maximum Gasteiger partial charge on any atom is 0.225 e. The largest absolute Gasteiger partial charge is 0.299 e. The van der Waals surface area contributed by atoms with Crippen molar-refractivity contribution in [3.05, 3.63) is 11.1 Å². The number of halogens is 1. The zero-order chi connectivity index (χ0) is 10.7. The van der Waals surface area contributed by atoms with Gasteiger partial charge in [-0.1, -0.05) is 20.3 Å². The molecule has 0 saturated heterocycles. The smallest absolute Gasteiger partial charge is 0.225 e. The Balaban J connectivity index is 2.73. The predicted octanol–water partition coefficient (Wildman–Crippen LogP) is 3.24. The number of aryl methyl sites for hydroxylation is 1. The summed E-state index contributed by atoms with van der Waals surface area (Å²) in [6.45, 7) is 8.56. The molecule has 0 aliphatic rings. The molecule has 1 aromatic heterocycles. The molecular formula is C10H18ClN3. The zero-order valence-electron chi connectivity index (χ0n) is 9.29. The first kappa shape index (κ1) is 11.5. The van der Waals surface area contributed by atoms with E-state index in [1.807, 2.05) is 11.5 Å². The normalized spacial score (nSPS) is 15.5. The second-order valence-electron chi connectivity index (χ2n) is 3.98. The van der Waals surface area contributed by atoms with Crippen molar-refractivity contribution in [2.24, 2.45) is 5.92 Å². The molecule has 0 aliphatic carbocycles. The lowest BCUT2D eigenvalue weighted by Crippen LogP contribution is -2.11. The van der Waals surface area contributed by atoms with Gasteiger partial charge in [-0.2, -0.15) is 0 Å². The van der Waals surface area contributed by atoms with Crippen LogP contribution < -0.4 is 0 Å². The summed E-state index contributed by atoms with van der Waals surface area (Å²) in [6.07, 6.45) is 2.32. The fraction of sp³-hybridized carbons (Fsp3) is 0.800. The predicted molar refractivity (Wildman–Crippen MR) is 58.6 cm³/mol. The summed E-state index contributed by atoms with van der Waals surface area (Å²) in [4.78, 5) is 0. The second-order valence-corrected chi connectivity index (χ2v) is 4.32. The number of nitrogens with zero attached hydrogens (tertiary/aromatic N) is 3.